The van der Waals surface area contributed by atoms with E-state index in [0.717, 1.165) is 36.8 Å². The van der Waals surface area contributed by atoms with E-state index in [1.807, 2.05) is 52.0 Å². The van der Waals surface area contributed by atoms with Gasteiger partial charge in [-0.05, 0) is 75.6 Å². The summed E-state index contributed by atoms with van der Waals surface area (Å²) in [5.41, 5.74) is 3.03. The SMILES string of the molecule is CC(C)(O)c1ccccc1CCCCCCc1ccccc1C(C)(C)O. The quantitative estimate of drug-likeness (QED) is 0.585. The molecule has 0 radical (unpaired) electrons. The molecule has 2 nitrogen and oxygen atoms in total. The van der Waals surface area contributed by atoms with Crippen LogP contribution < -0.4 is 0 Å². The second kappa shape index (κ2) is 8.83. The number of benzene rings is 2. The molecule has 2 aromatic rings. The van der Waals surface area contributed by atoms with Gasteiger partial charge in [0.05, 0.1) is 11.2 Å². The van der Waals surface area contributed by atoms with E-state index in [0.29, 0.717) is 0 Å². The monoisotopic (exact) mass is 354 g/mol. The van der Waals surface area contributed by atoms with E-state index in [9.17, 15) is 10.2 Å². The Morgan fingerprint density at radius 3 is 1.27 bits per heavy atom. The molecule has 0 atom stereocenters. The molecule has 0 aromatic heterocycles. The van der Waals surface area contributed by atoms with Gasteiger partial charge in [0.1, 0.15) is 0 Å². The van der Waals surface area contributed by atoms with Crippen LogP contribution >= 0.6 is 0 Å². The van der Waals surface area contributed by atoms with Crippen LogP contribution in [-0.4, -0.2) is 10.2 Å². The zero-order chi connectivity index (χ0) is 19.2. The Morgan fingerprint density at radius 2 is 0.923 bits per heavy atom. The van der Waals surface area contributed by atoms with Gasteiger partial charge in [0.2, 0.25) is 0 Å². The van der Waals surface area contributed by atoms with Gasteiger partial charge in [-0.25, -0.2) is 0 Å². The average molecular weight is 355 g/mol. The van der Waals surface area contributed by atoms with Crippen molar-refractivity contribution in [1.29, 1.82) is 0 Å². The first-order valence-electron chi connectivity index (χ1n) is 9.81. The van der Waals surface area contributed by atoms with Crippen molar-refractivity contribution < 1.29 is 10.2 Å². The van der Waals surface area contributed by atoms with E-state index in [4.69, 9.17) is 0 Å². The summed E-state index contributed by atoms with van der Waals surface area (Å²) in [6.45, 7) is 7.41. The molecular weight excluding hydrogens is 320 g/mol. The number of hydrogen-bond donors (Lipinski definition) is 2. The minimum atomic E-state index is -0.780. The predicted octanol–water partition coefficient (Wildman–Crippen LogP) is 5.49. The largest absolute Gasteiger partial charge is 0.386 e. The van der Waals surface area contributed by atoms with Crippen molar-refractivity contribution in [3.05, 3.63) is 70.8 Å². The zero-order valence-corrected chi connectivity index (χ0v) is 16.8. The molecule has 0 aliphatic heterocycles. The van der Waals surface area contributed by atoms with Crippen LogP contribution in [0.1, 0.15) is 75.6 Å². The Labute approximate surface area is 158 Å². The van der Waals surface area contributed by atoms with Crippen LogP contribution in [-0.2, 0) is 24.0 Å². The molecule has 26 heavy (non-hydrogen) atoms. The topological polar surface area (TPSA) is 40.5 Å². The molecule has 0 unspecified atom stereocenters. The maximum absolute atomic E-state index is 10.3. The molecule has 0 fully saturated rings. The number of unbranched alkanes of at least 4 members (excludes halogenated alkanes) is 3. The van der Waals surface area contributed by atoms with Gasteiger partial charge in [-0.3, -0.25) is 0 Å². The van der Waals surface area contributed by atoms with Crippen molar-refractivity contribution in [2.24, 2.45) is 0 Å². The van der Waals surface area contributed by atoms with Gasteiger partial charge < -0.3 is 10.2 Å². The van der Waals surface area contributed by atoms with E-state index in [1.54, 1.807) is 0 Å². The van der Waals surface area contributed by atoms with Crippen LogP contribution in [0.15, 0.2) is 48.5 Å². The Balaban J connectivity index is 1.80. The predicted molar refractivity (Wildman–Crippen MR) is 109 cm³/mol. The summed E-state index contributed by atoms with van der Waals surface area (Å²) in [5.74, 6) is 0. The first-order chi connectivity index (χ1) is 12.2. The molecule has 2 N–H and O–H groups in total. The Bertz CT molecular complexity index is 628. The van der Waals surface area contributed by atoms with Crippen LogP contribution in [0.5, 0.6) is 0 Å². The van der Waals surface area contributed by atoms with Gasteiger partial charge >= 0.3 is 0 Å². The van der Waals surface area contributed by atoms with Crippen LogP contribution in [0, 0.1) is 0 Å². The maximum Gasteiger partial charge on any atom is 0.0843 e. The van der Waals surface area contributed by atoms with Gasteiger partial charge in [0, 0.05) is 0 Å². The fourth-order valence-electron chi connectivity index (χ4n) is 3.65. The lowest BCUT2D eigenvalue weighted by molar-refractivity contribution is 0.0769. The lowest BCUT2D eigenvalue weighted by atomic mass is 9.89. The third-order valence-corrected chi connectivity index (χ3v) is 5.00. The second-order valence-corrected chi connectivity index (χ2v) is 8.35. The van der Waals surface area contributed by atoms with Crippen molar-refractivity contribution >= 4 is 0 Å². The van der Waals surface area contributed by atoms with Gasteiger partial charge in [-0.15, -0.1) is 0 Å². The van der Waals surface area contributed by atoms with E-state index in [1.165, 1.54) is 24.0 Å². The molecule has 0 saturated carbocycles. The standard InChI is InChI=1S/C24H34O2/c1-23(2,25)21-17-11-9-15-19(21)13-7-5-6-8-14-20-16-10-12-18-22(20)24(3,4)26/h9-12,15-18,25-26H,5-8,13-14H2,1-4H3. The molecular formula is C24H34O2. The molecule has 0 aliphatic carbocycles. The molecule has 2 aromatic carbocycles. The van der Waals surface area contributed by atoms with E-state index in [-0.39, 0.29) is 0 Å². The van der Waals surface area contributed by atoms with E-state index in [2.05, 4.69) is 24.3 Å². The van der Waals surface area contributed by atoms with Crippen molar-refractivity contribution in [3.63, 3.8) is 0 Å². The Kier molecular flexibility index (Phi) is 7.02. The maximum atomic E-state index is 10.3. The van der Waals surface area contributed by atoms with E-state index >= 15 is 0 Å². The van der Waals surface area contributed by atoms with Gasteiger partial charge in [0.15, 0.2) is 0 Å². The highest BCUT2D eigenvalue weighted by Crippen LogP contribution is 2.26. The Hall–Kier alpha value is -1.64. The normalized spacial score (nSPS) is 12.4. The third kappa shape index (κ3) is 5.96. The van der Waals surface area contributed by atoms with Crippen LogP contribution in [0.4, 0.5) is 0 Å². The number of aryl methyl sites for hydroxylation is 2. The van der Waals surface area contributed by atoms with Crippen molar-refractivity contribution in [2.75, 3.05) is 0 Å². The fraction of sp³-hybridized carbons (Fsp3) is 0.500. The highest BCUT2D eigenvalue weighted by atomic mass is 16.3. The summed E-state index contributed by atoms with van der Waals surface area (Å²) in [4.78, 5) is 0. The number of aliphatic hydroxyl groups is 2. The zero-order valence-electron chi connectivity index (χ0n) is 16.8. The molecule has 0 heterocycles. The van der Waals surface area contributed by atoms with Crippen molar-refractivity contribution in [1.82, 2.24) is 0 Å². The van der Waals surface area contributed by atoms with Crippen LogP contribution in [0.2, 0.25) is 0 Å². The molecule has 2 heteroatoms. The molecule has 0 amide bonds. The van der Waals surface area contributed by atoms with Gasteiger partial charge in [-0.1, -0.05) is 61.4 Å². The van der Waals surface area contributed by atoms with Crippen LogP contribution in [0.3, 0.4) is 0 Å². The highest BCUT2D eigenvalue weighted by Gasteiger charge is 2.20. The Morgan fingerprint density at radius 1 is 0.577 bits per heavy atom. The molecule has 2 rings (SSSR count). The van der Waals surface area contributed by atoms with Gasteiger partial charge in [-0.2, -0.15) is 0 Å². The van der Waals surface area contributed by atoms with E-state index < -0.39 is 11.2 Å². The second-order valence-electron chi connectivity index (χ2n) is 8.35. The molecule has 0 spiro atoms. The third-order valence-electron chi connectivity index (χ3n) is 5.00. The highest BCUT2D eigenvalue weighted by molar-refractivity contribution is 5.32. The first-order valence-corrected chi connectivity index (χ1v) is 9.81. The molecule has 0 aliphatic rings. The minimum Gasteiger partial charge on any atom is -0.386 e. The summed E-state index contributed by atoms with van der Waals surface area (Å²) in [7, 11) is 0. The lowest BCUT2D eigenvalue weighted by Crippen LogP contribution is -2.18. The summed E-state index contributed by atoms with van der Waals surface area (Å²) in [6, 6.07) is 16.4. The smallest absolute Gasteiger partial charge is 0.0843 e. The fourth-order valence-corrected chi connectivity index (χ4v) is 3.65. The molecule has 142 valence electrons. The van der Waals surface area contributed by atoms with Crippen molar-refractivity contribution in [2.45, 2.75) is 77.4 Å². The molecule has 0 saturated heterocycles. The van der Waals surface area contributed by atoms with Crippen molar-refractivity contribution in [3.8, 4) is 0 Å². The molecule has 0 bridgehead atoms. The summed E-state index contributed by atoms with van der Waals surface area (Å²) < 4.78 is 0. The average Bonchev–Trinajstić information content (AvgIpc) is 2.57. The lowest BCUT2D eigenvalue weighted by Gasteiger charge is -2.22. The number of hydrogen-bond acceptors (Lipinski definition) is 2. The van der Waals surface area contributed by atoms with Crippen LogP contribution in [0.25, 0.3) is 0 Å². The summed E-state index contributed by atoms with van der Waals surface area (Å²) in [5, 5.41) is 20.6. The van der Waals surface area contributed by atoms with Gasteiger partial charge in [0.25, 0.3) is 0 Å². The summed E-state index contributed by atoms with van der Waals surface area (Å²) in [6.07, 6.45) is 6.68. The first kappa shape index (κ1) is 20.7. The summed E-state index contributed by atoms with van der Waals surface area (Å²) >= 11 is 0. The minimum absolute atomic E-state index is 0.780. The number of rotatable bonds is 9.